The van der Waals surface area contributed by atoms with Crippen LogP contribution in [0, 0.1) is 5.92 Å². The highest BCUT2D eigenvalue weighted by molar-refractivity contribution is 5.78. The number of amides is 1. The van der Waals surface area contributed by atoms with Gasteiger partial charge in [0.2, 0.25) is 5.91 Å². The maximum absolute atomic E-state index is 12.7. The van der Waals surface area contributed by atoms with E-state index in [0.717, 1.165) is 32.1 Å². The second-order valence-electron chi connectivity index (χ2n) is 12.6. The molecule has 0 heterocycles. The van der Waals surface area contributed by atoms with Gasteiger partial charge in [0.25, 0.3) is 0 Å². The molecule has 1 amide bonds. The molecular weight excluding hydrogens is 494 g/mol. The normalized spacial score (nSPS) is 13.0. The summed E-state index contributed by atoms with van der Waals surface area (Å²) in [5.74, 6) is -0.255. The Kier molecular flexibility index (Phi) is 32.4. The van der Waals surface area contributed by atoms with Crippen molar-refractivity contribution in [2.45, 2.75) is 213 Å². The molecule has 0 aromatic heterocycles. The Hall–Kier alpha value is -0.610. The summed E-state index contributed by atoms with van der Waals surface area (Å²) in [5.41, 5.74) is 0. The van der Waals surface area contributed by atoms with Gasteiger partial charge in [0.15, 0.2) is 0 Å². The molecule has 40 heavy (non-hydrogen) atoms. The zero-order valence-corrected chi connectivity index (χ0v) is 27.4. The van der Waals surface area contributed by atoms with Crippen LogP contribution in [0.25, 0.3) is 0 Å². The van der Waals surface area contributed by atoms with Crippen molar-refractivity contribution >= 4 is 5.91 Å². The van der Waals surface area contributed by atoms with Crippen LogP contribution in [0.5, 0.6) is 0 Å². The van der Waals surface area contributed by atoms with Gasteiger partial charge in [-0.05, 0) is 25.7 Å². The zero-order chi connectivity index (χ0) is 29.4. The topological polar surface area (TPSA) is 69.6 Å². The molecule has 0 bridgehead atoms. The lowest BCUT2D eigenvalue weighted by Crippen LogP contribution is -2.39. The Morgan fingerprint density at radius 3 is 1.10 bits per heavy atom. The van der Waals surface area contributed by atoms with Crippen LogP contribution < -0.4 is 5.32 Å². The van der Waals surface area contributed by atoms with Crippen molar-refractivity contribution in [3.05, 3.63) is 0 Å². The molecule has 0 rings (SSSR count). The average molecular weight is 568 g/mol. The van der Waals surface area contributed by atoms with E-state index in [1.54, 1.807) is 0 Å². The standard InChI is InChI=1S/C36H73NO3/c1-3-5-7-9-11-13-15-17-19-20-22-24-26-28-30-34(32-33-38)36(40)37-35(39)31-29-27-25-23-21-18-16-14-12-10-8-6-4-2/h34-35,38-39H,3-33H2,1-2H3,(H,37,40). The first kappa shape index (κ1) is 39.4. The highest BCUT2D eigenvalue weighted by Gasteiger charge is 2.19. The first-order chi connectivity index (χ1) is 19.7. The van der Waals surface area contributed by atoms with Crippen LogP contribution >= 0.6 is 0 Å². The lowest BCUT2D eigenvalue weighted by atomic mass is 9.96. The highest BCUT2D eigenvalue weighted by atomic mass is 16.3. The van der Waals surface area contributed by atoms with Crippen LogP contribution in [0.2, 0.25) is 0 Å². The third kappa shape index (κ3) is 28.9. The second-order valence-corrected chi connectivity index (χ2v) is 12.6. The third-order valence-electron chi connectivity index (χ3n) is 8.64. The van der Waals surface area contributed by atoms with Crippen LogP contribution in [0.1, 0.15) is 206 Å². The van der Waals surface area contributed by atoms with Crippen molar-refractivity contribution in [1.82, 2.24) is 5.32 Å². The fourth-order valence-corrected chi connectivity index (χ4v) is 5.86. The number of hydrogen-bond acceptors (Lipinski definition) is 3. The van der Waals surface area contributed by atoms with Crippen LogP contribution in [0.3, 0.4) is 0 Å². The Morgan fingerprint density at radius 1 is 0.475 bits per heavy atom. The number of aliphatic hydroxyl groups excluding tert-OH is 2. The first-order valence-electron chi connectivity index (χ1n) is 18.2. The Bertz CT molecular complexity index is 498. The van der Waals surface area contributed by atoms with Gasteiger partial charge in [-0.25, -0.2) is 0 Å². The van der Waals surface area contributed by atoms with E-state index < -0.39 is 6.23 Å². The van der Waals surface area contributed by atoms with Crippen molar-refractivity contribution in [1.29, 1.82) is 0 Å². The molecule has 3 N–H and O–H groups in total. The van der Waals surface area contributed by atoms with Gasteiger partial charge in [-0.2, -0.15) is 0 Å². The Balaban J connectivity index is 3.65. The van der Waals surface area contributed by atoms with Crippen molar-refractivity contribution in [2.24, 2.45) is 5.92 Å². The summed E-state index contributed by atoms with van der Waals surface area (Å²) in [6.45, 7) is 4.58. The van der Waals surface area contributed by atoms with E-state index >= 15 is 0 Å². The summed E-state index contributed by atoms with van der Waals surface area (Å²) in [5, 5.41) is 22.6. The average Bonchev–Trinajstić information content (AvgIpc) is 2.95. The van der Waals surface area contributed by atoms with Crippen LogP contribution in [0.15, 0.2) is 0 Å². The minimum atomic E-state index is -0.752. The monoisotopic (exact) mass is 568 g/mol. The smallest absolute Gasteiger partial charge is 0.225 e. The van der Waals surface area contributed by atoms with E-state index in [4.69, 9.17) is 0 Å². The SMILES string of the molecule is CCCCCCCCCCCCCCCCC(CCO)C(=O)NC(O)CCCCCCCCCCCCCCC. The predicted octanol–water partition coefficient (Wildman–Crippen LogP) is 10.8. The number of rotatable bonds is 33. The number of carbonyl (C=O) groups is 1. The van der Waals surface area contributed by atoms with Gasteiger partial charge < -0.3 is 15.5 Å². The zero-order valence-electron chi connectivity index (χ0n) is 27.4. The van der Waals surface area contributed by atoms with E-state index in [1.807, 2.05) is 0 Å². The Labute approximate surface area is 251 Å². The van der Waals surface area contributed by atoms with Gasteiger partial charge in [0.1, 0.15) is 6.23 Å². The van der Waals surface area contributed by atoms with E-state index in [1.165, 1.54) is 148 Å². The minimum absolute atomic E-state index is 0.0334. The number of nitrogens with one attached hydrogen (secondary N) is 1. The van der Waals surface area contributed by atoms with E-state index in [9.17, 15) is 15.0 Å². The summed E-state index contributed by atoms with van der Waals surface area (Å²) < 4.78 is 0. The molecule has 0 aromatic rings. The quantitative estimate of drug-likeness (QED) is 0.0545. The minimum Gasteiger partial charge on any atom is -0.396 e. The van der Waals surface area contributed by atoms with Crippen LogP contribution in [-0.2, 0) is 4.79 Å². The number of hydrogen-bond donors (Lipinski definition) is 3. The fourth-order valence-electron chi connectivity index (χ4n) is 5.86. The molecule has 240 valence electrons. The molecule has 4 heteroatoms. The van der Waals surface area contributed by atoms with Gasteiger partial charge in [0, 0.05) is 12.5 Å². The maximum atomic E-state index is 12.7. The van der Waals surface area contributed by atoms with Gasteiger partial charge in [-0.3, -0.25) is 4.79 Å². The van der Waals surface area contributed by atoms with E-state index in [0.29, 0.717) is 12.8 Å². The van der Waals surface area contributed by atoms with E-state index in [-0.39, 0.29) is 18.4 Å². The van der Waals surface area contributed by atoms with E-state index in [2.05, 4.69) is 19.2 Å². The second kappa shape index (κ2) is 32.9. The van der Waals surface area contributed by atoms with Crippen molar-refractivity contribution in [3.63, 3.8) is 0 Å². The molecule has 0 spiro atoms. The van der Waals surface area contributed by atoms with Crippen LogP contribution in [-0.4, -0.2) is 29.0 Å². The summed E-state index contributed by atoms with van der Waals surface area (Å²) in [4.78, 5) is 12.7. The van der Waals surface area contributed by atoms with Crippen molar-refractivity contribution < 1.29 is 15.0 Å². The summed E-state index contributed by atoms with van der Waals surface area (Å²) >= 11 is 0. The molecule has 2 atom stereocenters. The lowest BCUT2D eigenvalue weighted by molar-refractivity contribution is -0.129. The number of carbonyl (C=O) groups excluding carboxylic acids is 1. The van der Waals surface area contributed by atoms with Gasteiger partial charge in [0.05, 0.1) is 0 Å². The molecule has 0 aromatic carbocycles. The first-order valence-corrected chi connectivity index (χ1v) is 18.2. The van der Waals surface area contributed by atoms with Crippen molar-refractivity contribution in [2.75, 3.05) is 6.61 Å². The Morgan fingerprint density at radius 2 is 0.775 bits per heavy atom. The highest BCUT2D eigenvalue weighted by Crippen LogP contribution is 2.18. The molecule has 0 fully saturated rings. The fraction of sp³-hybridized carbons (Fsp3) is 0.972. The van der Waals surface area contributed by atoms with Gasteiger partial charge >= 0.3 is 0 Å². The predicted molar refractivity (Wildman–Crippen MR) is 175 cm³/mol. The van der Waals surface area contributed by atoms with Crippen molar-refractivity contribution in [3.8, 4) is 0 Å². The molecule has 0 aliphatic heterocycles. The number of aliphatic hydroxyl groups is 2. The van der Waals surface area contributed by atoms with Crippen LogP contribution in [0.4, 0.5) is 0 Å². The maximum Gasteiger partial charge on any atom is 0.225 e. The largest absolute Gasteiger partial charge is 0.396 e. The summed E-state index contributed by atoms with van der Waals surface area (Å²) in [6, 6.07) is 0. The summed E-state index contributed by atoms with van der Waals surface area (Å²) in [7, 11) is 0. The molecule has 2 unspecified atom stereocenters. The third-order valence-corrected chi connectivity index (χ3v) is 8.64. The summed E-state index contributed by atoms with van der Waals surface area (Å²) in [6.07, 6.45) is 36.8. The van der Waals surface area contributed by atoms with Gasteiger partial charge in [-0.1, -0.05) is 181 Å². The molecule has 0 radical (unpaired) electrons. The van der Waals surface area contributed by atoms with Gasteiger partial charge in [-0.15, -0.1) is 0 Å². The molecule has 0 aliphatic rings. The molecule has 0 aliphatic carbocycles. The number of unbranched alkanes of at least 4 members (excludes halogenated alkanes) is 25. The molecular formula is C36H73NO3. The molecule has 4 nitrogen and oxygen atoms in total. The molecule has 0 saturated heterocycles. The lowest BCUT2D eigenvalue weighted by Gasteiger charge is -2.19. The molecule has 0 saturated carbocycles.